The highest BCUT2D eigenvalue weighted by Crippen LogP contribution is 2.39. The SMILES string of the molecule is COC(=O)c1ccc2c(c1)Sc1ccc(C(=O)NCCC3CCCCC3)cc1NC2. The summed E-state index contributed by atoms with van der Waals surface area (Å²) in [6.07, 6.45) is 7.69. The molecule has 1 heterocycles. The molecule has 1 aliphatic carbocycles. The summed E-state index contributed by atoms with van der Waals surface area (Å²) in [6, 6.07) is 11.4. The molecule has 4 rings (SSSR count). The Kier molecular flexibility index (Phi) is 6.62. The molecule has 5 nitrogen and oxygen atoms in total. The molecule has 0 aromatic heterocycles. The average molecular weight is 425 g/mol. The van der Waals surface area contributed by atoms with Gasteiger partial charge in [-0.1, -0.05) is 49.9 Å². The van der Waals surface area contributed by atoms with E-state index in [1.807, 2.05) is 30.3 Å². The number of amides is 1. The van der Waals surface area contributed by atoms with Gasteiger partial charge >= 0.3 is 5.97 Å². The third-order valence-corrected chi connectivity index (χ3v) is 7.16. The molecule has 1 aliphatic heterocycles. The minimum Gasteiger partial charge on any atom is -0.465 e. The van der Waals surface area contributed by atoms with E-state index in [-0.39, 0.29) is 11.9 Å². The quantitative estimate of drug-likeness (QED) is 0.642. The van der Waals surface area contributed by atoms with E-state index < -0.39 is 0 Å². The number of ether oxygens (including phenoxy) is 1. The summed E-state index contributed by atoms with van der Waals surface area (Å²) in [5.74, 6) is 0.406. The van der Waals surface area contributed by atoms with Gasteiger partial charge in [0.05, 0.1) is 12.7 Å². The van der Waals surface area contributed by atoms with Crippen LogP contribution in [0.3, 0.4) is 0 Å². The van der Waals surface area contributed by atoms with E-state index in [1.54, 1.807) is 17.8 Å². The van der Waals surface area contributed by atoms with E-state index in [2.05, 4.69) is 10.6 Å². The molecule has 0 unspecified atom stereocenters. The number of methoxy groups -OCH3 is 1. The first-order valence-corrected chi connectivity index (χ1v) is 11.5. The summed E-state index contributed by atoms with van der Waals surface area (Å²) in [7, 11) is 1.39. The van der Waals surface area contributed by atoms with Gasteiger partial charge in [-0.25, -0.2) is 4.79 Å². The van der Waals surface area contributed by atoms with Crippen LogP contribution in [0.25, 0.3) is 0 Å². The lowest BCUT2D eigenvalue weighted by molar-refractivity contribution is 0.0600. The highest BCUT2D eigenvalue weighted by molar-refractivity contribution is 7.99. The van der Waals surface area contributed by atoms with Crippen LogP contribution >= 0.6 is 11.8 Å². The van der Waals surface area contributed by atoms with Gasteiger partial charge in [0.2, 0.25) is 0 Å². The average Bonchev–Trinajstić information content (AvgIpc) is 2.97. The molecule has 0 saturated heterocycles. The minimum atomic E-state index is -0.337. The summed E-state index contributed by atoms with van der Waals surface area (Å²) < 4.78 is 4.83. The van der Waals surface area contributed by atoms with E-state index in [1.165, 1.54) is 39.2 Å². The van der Waals surface area contributed by atoms with Gasteiger partial charge < -0.3 is 15.4 Å². The van der Waals surface area contributed by atoms with Crippen LogP contribution in [0.5, 0.6) is 0 Å². The normalized spacial score (nSPS) is 15.9. The van der Waals surface area contributed by atoms with E-state index in [4.69, 9.17) is 4.74 Å². The molecule has 2 aromatic rings. The van der Waals surface area contributed by atoms with Gasteiger partial charge in [0.25, 0.3) is 5.91 Å². The number of hydrogen-bond donors (Lipinski definition) is 2. The Labute approximate surface area is 182 Å². The smallest absolute Gasteiger partial charge is 0.337 e. The van der Waals surface area contributed by atoms with Crippen LogP contribution in [-0.2, 0) is 11.3 Å². The van der Waals surface area contributed by atoms with Gasteiger partial charge in [-0.15, -0.1) is 0 Å². The summed E-state index contributed by atoms with van der Waals surface area (Å²) >= 11 is 1.60. The lowest BCUT2D eigenvalue weighted by atomic mass is 9.87. The standard InChI is InChI=1S/C24H28N2O3S/c1-29-24(28)18-7-8-19-15-26-20-13-17(9-10-21(20)30-22(19)14-18)23(27)25-12-11-16-5-3-2-4-6-16/h7-10,13-14,16,26H,2-6,11-12,15H2,1H3,(H,25,27). The third kappa shape index (κ3) is 4.81. The van der Waals surface area contributed by atoms with Gasteiger partial charge in [-0.05, 0) is 48.2 Å². The zero-order valence-electron chi connectivity index (χ0n) is 17.3. The molecule has 0 radical (unpaired) electrons. The summed E-state index contributed by atoms with van der Waals surface area (Å²) in [5.41, 5.74) is 3.27. The first kappa shape index (κ1) is 20.8. The number of carbonyl (C=O) groups is 2. The van der Waals surface area contributed by atoms with Gasteiger partial charge in [0, 0.05) is 34.1 Å². The van der Waals surface area contributed by atoms with Crippen LogP contribution in [0.4, 0.5) is 5.69 Å². The van der Waals surface area contributed by atoms with Gasteiger partial charge in [0.15, 0.2) is 0 Å². The fourth-order valence-electron chi connectivity index (χ4n) is 4.22. The van der Waals surface area contributed by atoms with Crippen molar-refractivity contribution in [3.63, 3.8) is 0 Å². The Morgan fingerprint density at radius 3 is 2.67 bits per heavy atom. The van der Waals surface area contributed by atoms with Crippen molar-refractivity contribution in [1.29, 1.82) is 0 Å². The van der Waals surface area contributed by atoms with E-state index in [9.17, 15) is 9.59 Å². The maximum Gasteiger partial charge on any atom is 0.337 e. The second kappa shape index (κ2) is 9.56. The Balaban J connectivity index is 1.42. The molecule has 1 saturated carbocycles. The molecule has 6 heteroatoms. The van der Waals surface area contributed by atoms with E-state index in [0.29, 0.717) is 17.7 Å². The van der Waals surface area contributed by atoms with Crippen LogP contribution in [0.15, 0.2) is 46.2 Å². The Morgan fingerprint density at radius 1 is 1.07 bits per heavy atom. The summed E-state index contributed by atoms with van der Waals surface area (Å²) in [4.78, 5) is 26.5. The number of carbonyl (C=O) groups excluding carboxylic acids is 2. The number of esters is 1. The van der Waals surface area contributed by atoms with Crippen LogP contribution in [0, 0.1) is 5.92 Å². The number of fused-ring (bicyclic) bond motifs is 2. The molecule has 2 aliphatic rings. The topological polar surface area (TPSA) is 67.4 Å². The first-order valence-electron chi connectivity index (χ1n) is 10.7. The molecule has 1 amide bonds. The molecule has 2 aromatic carbocycles. The maximum absolute atomic E-state index is 12.6. The van der Waals surface area contributed by atoms with Gasteiger partial charge in [-0.3, -0.25) is 4.79 Å². The van der Waals surface area contributed by atoms with E-state index in [0.717, 1.165) is 39.9 Å². The predicted molar refractivity (Wildman–Crippen MR) is 119 cm³/mol. The van der Waals surface area contributed by atoms with Gasteiger partial charge in [-0.2, -0.15) is 0 Å². The lowest BCUT2D eigenvalue weighted by Crippen LogP contribution is -2.26. The molecular weight excluding hydrogens is 396 g/mol. The summed E-state index contributed by atoms with van der Waals surface area (Å²) in [6.45, 7) is 1.38. The molecule has 0 atom stereocenters. The van der Waals surface area contributed by atoms with Crippen LogP contribution < -0.4 is 10.6 Å². The minimum absolute atomic E-state index is 0.0184. The molecule has 30 heavy (non-hydrogen) atoms. The lowest BCUT2D eigenvalue weighted by Gasteiger charge is -2.21. The molecule has 0 spiro atoms. The van der Waals surface area contributed by atoms with Crippen molar-refractivity contribution < 1.29 is 14.3 Å². The molecular formula is C24H28N2O3S. The number of benzene rings is 2. The second-order valence-electron chi connectivity index (χ2n) is 8.03. The number of rotatable bonds is 5. The van der Waals surface area contributed by atoms with Crippen molar-refractivity contribution in [3.8, 4) is 0 Å². The number of nitrogens with one attached hydrogen (secondary N) is 2. The van der Waals surface area contributed by atoms with Crippen LogP contribution in [0.2, 0.25) is 0 Å². The van der Waals surface area contributed by atoms with Crippen molar-refractivity contribution in [2.24, 2.45) is 5.92 Å². The highest BCUT2D eigenvalue weighted by atomic mass is 32.2. The van der Waals surface area contributed by atoms with Crippen molar-refractivity contribution in [1.82, 2.24) is 5.32 Å². The second-order valence-corrected chi connectivity index (χ2v) is 9.11. The molecule has 2 N–H and O–H groups in total. The fraction of sp³-hybridized carbons (Fsp3) is 0.417. The highest BCUT2D eigenvalue weighted by Gasteiger charge is 2.18. The third-order valence-electron chi connectivity index (χ3n) is 5.98. The maximum atomic E-state index is 12.6. The van der Waals surface area contributed by atoms with Gasteiger partial charge in [0.1, 0.15) is 0 Å². The molecule has 0 bridgehead atoms. The Hall–Kier alpha value is -2.47. The monoisotopic (exact) mass is 424 g/mol. The Bertz CT molecular complexity index is 938. The van der Waals surface area contributed by atoms with Crippen LogP contribution in [0.1, 0.15) is 64.8 Å². The number of anilines is 1. The Morgan fingerprint density at radius 2 is 1.87 bits per heavy atom. The summed E-state index contributed by atoms with van der Waals surface area (Å²) in [5, 5.41) is 6.52. The first-order chi connectivity index (χ1) is 14.6. The zero-order valence-corrected chi connectivity index (χ0v) is 18.1. The zero-order chi connectivity index (χ0) is 20.9. The van der Waals surface area contributed by atoms with Crippen LogP contribution in [-0.4, -0.2) is 25.5 Å². The predicted octanol–water partition coefficient (Wildman–Crippen LogP) is 5.25. The van der Waals surface area contributed by atoms with Crippen molar-refractivity contribution in [2.45, 2.75) is 54.9 Å². The molecule has 1 fully saturated rings. The molecule has 158 valence electrons. The number of hydrogen-bond acceptors (Lipinski definition) is 5. The van der Waals surface area contributed by atoms with Crippen molar-refractivity contribution >= 4 is 29.3 Å². The van der Waals surface area contributed by atoms with E-state index >= 15 is 0 Å². The largest absolute Gasteiger partial charge is 0.465 e. The fourth-order valence-corrected chi connectivity index (χ4v) is 5.29. The van der Waals surface area contributed by atoms with Crippen molar-refractivity contribution in [3.05, 3.63) is 53.1 Å². The van der Waals surface area contributed by atoms with Crippen molar-refractivity contribution in [2.75, 3.05) is 19.0 Å².